The van der Waals surface area contributed by atoms with Crippen molar-refractivity contribution in [3.8, 4) is 0 Å². The zero-order chi connectivity index (χ0) is 15.2. The molecule has 4 nitrogen and oxygen atoms in total. The van der Waals surface area contributed by atoms with Crippen molar-refractivity contribution in [1.29, 1.82) is 0 Å². The average Bonchev–Trinajstić information content (AvgIpc) is 2.37. The van der Waals surface area contributed by atoms with Crippen LogP contribution in [0.5, 0.6) is 0 Å². The van der Waals surface area contributed by atoms with E-state index >= 15 is 0 Å². The van der Waals surface area contributed by atoms with Gasteiger partial charge in [-0.3, -0.25) is 4.99 Å². The number of benzene rings is 1. The van der Waals surface area contributed by atoms with Crippen LogP contribution in [-0.2, 0) is 10.2 Å². The van der Waals surface area contributed by atoms with Crippen LogP contribution < -0.4 is 11.1 Å². The number of methoxy groups -OCH3 is 1. The Labute approximate surface area is 149 Å². The molecular weight excluding hydrogens is 401 g/mol. The van der Waals surface area contributed by atoms with Gasteiger partial charge in [-0.1, -0.05) is 37.6 Å². The molecule has 0 aliphatic heterocycles. The lowest BCUT2D eigenvalue weighted by molar-refractivity contribution is 0.179. The molecule has 6 heteroatoms. The van der Waals surface area contributed by atoms with E-state index in [4.69, 9.17) is 22.1 Å². The van der Waals surface area contributed by atoms with Gasteiger partial charge in [-0.05, 0) is 24.6 Å². The van der Waals surface area contributed by atoms with Crippen LogP contribution >= 0.6 is 35.6 Å². The third-order valence-electron chi connectivity index (χ3n) is 3.06. The van der Waals surface area contributed by atoms with Crippen molar-refractivity contribution in [2.75, 3.05) is 20.3 Å². The molecule has 0 aromatic heterocycles. The third kappa shape index (κ3) is 7.33. The molecule has 0 fully saturated rings. The zero-order valence-corrected chi connectivity index (χ0v) is 16.1. The van der Waals surface area contributed by atoms with E-state index in [1.54, 1.807) is 7.11 Å². The molecule has 1 atom stereocenters. The summed E-state index contributed by atoms with van der Waals surface area (Å²) in [5.74, 6) is 0.435. The van der Waals surface area contributed by atoms with Crippen molar-refractivity contribution < 1.29 is 4.74 Å². The summed E-state index contributed by atoms with van der Waals surface area (Å²) in [5.41, 5.74) is 6.90. The predicted molar refractivity (Wildman–Crippen MR) is 101 cm³/mol. The monoisotopic (exact) mass is 425 g/mol. The summed E-state index contributed by atoms with van der Waals surface area (Å²) in [6, 6.07) is 7.98. The van der Waals surface area contributed by atoms with Crippen molar-refractivity contribution in [2.45, 2.75) is 32.2 Å². The number of halogens is 2. The fourth-order valence-corrected chi connectivity index (χ4v) is 2.06. The number of nitrogens with one attached hydrogen (secondary N) is 1. The third-order valence-corrected chi connectivity index (χ3v) is 3.30. The maximum Gasteiger partial charge on any atom is 0.188 e. The van der Waals surface area contributed by atoms with Gasteiger partial charge in [0.15, 0.2) is 5.96 Å². The van der Waals surface area contributed by atoms with Crippen molar-refractivity contribution >= 4 is 41.5 Å². The number of hydrogen-bond acceptors (Lipinski definition) is 2. The van der Waals surface area contributed by atoms with Crippen molar-refractivity contribution in [2.24, 2.45) is 10.7 Å². The van der Waals surface area contributed by atoms with Gasteiger partial charge >= 0.3 is 0 Å². The number of rotatable bonds is 6. The van der Waals surface area contributed by atoms with Crippen LogP contribution in [0.4, 0.5) is 0 Å². The molecule has 0 heterocycles. The fraction of sp³-hybridized carbons (Fsp3) is 0.533. The van der Waals surface area contributed by atoms with Gasteiger partial charge in [-0.25, -0.2) is 0 Å². The summed E-state index contributed by atoms with van der Waals surface area (Å²) in [7, 11) is 1.66. The molecule has 0 saturated heterocycles. The van der Waals surface area contributed by atoms with Crippen LogP contribution in [-0.4, -0.2) is 32.3 Å². The van der Waals surface area contributed by atoms with Gasteiger partial charge in [0.1, 0.15) is 0 Å². The number of hydrogen-bond donors (Lipinski definition) is 2. The Hall–Kier alpha value is -0.530. The lowest BCUT2D eigenvalue weighted by atomic mass is 9.85. The first kappa shape index (κ1) is 20.5. The molecule has 0 spiro atoms. The van der Waals surface area contributed by atoms with Gasteiger partial charge in [0.05, 0.1) is 13.2 Å². The number of aliphatic imine (C=N–C) groups is 1. The van der Waals surface area contributed by atoms with E-state index in [1.807, 2.05) is 25.1 Å². The minimum Gasteiger partial charge on any atom is -0.383 e. The number of ether oxygens (including phenoxy) is 1. The second kappa shape index (κ2) is 9.48. The molecule has 0 aliphatic carbocycles. The van der Waals surface area contributed by atoms with Gasteiger partial charge in [-0.2, -0.15) is 0 Å². The smallest absolute Gasteiger partial charge is 0.188 e. The molecule has 0 amide bonds. The normalized spacial score (nSPS) is 13.5. The first-order chi connectivity index (χ1) is 9.35. The SMILES string of the molecule is COCC(C)NC(N)=NCC(C)(C)c1cccc(Cl)c1.I. The second-order valence-corrected chi connectivity index (χ2v) is 6.03. The van der Waals surface area contributed by atoms with Gasteiger partial charge in [-0.15, -0.1) is 24.0 Å². The first-order valence-electron chi connectivity index (χ1n) is 6.66. The second-order valence-electron chi connectivity index (χ2n) is 5.60. The largest absolute Gasteiger partial charge is 0.383 e. The van der Waals surface area contributed by atoms with E-state index in [9.17, 15) is 0 Å². The summed E-state index contributed by atoms with van der Waals surface area (Å²) >= 11 is 6.03. The predicted octanol–water partition coefficient (Wildman–Crippen LogP) is 3.17. The highest BCUT2D eigenvalue weighted by atomic mass is 127. The number of nitrogens with zero attached hydrogens (tertiary/aromatic N) is 1. The molecule has 0 saturated carbocycles. The van der Waals surface area contributed by atoms with E-state index in [0.717, 1.165) is 10.6 Å². The molecule has 0 bridgehead atoms. The van der Waals surface area contributed by atoms with Gasteiger partial charge in [0.2, 0.25) is 0 Å². The van der Waals surface area contributed by atoms with Crippen LogP contribution in [0.15, 0.2) is 29.3 Å². The quantitative estimate of drug-likeness (QED) is 0.418. The van der Waals surface area contributed by atoms with E-state index in [2.05, 4.69) is 30.2 Å². The zero-order valence-electron chi connectivity index (χ0n) is 13.0. The molecule has 0 radical (unpaired) electrons. The van der Waals surface area contributed by atoms with Gasteiger partial charge in [0.25, 0.3) is 0 Å². The molecule has 120 valence electrons. The Morgan fingerprint density at radius 3 is 2.71 bits per heavy atom. The van der Waals surface area contributed by atoms with Crippen LogP contribution in [0.2, 0.25) is 5.02 Å². The minimum atomic E-state index is -0.123. The minimum absolute atomic E-state index is 0. The highest BCUT2D eigenvalue weighted by Gasteiger charge is 2.20. The molecule has 1 unspecified atom stereocenters. The highest BCUT2D eigenvalue weighted by molar-refractivity contribution is 14.0. The summed E-state index contributed by atoms with van der Waals surface area (Å²) in [4.78, 5) is 4.41. The summed E-state index contributed by atoms with van der Waals surface area (Å²) in [5, 5.41) is 3.83. The van der Waals surface area contributed by atoms with Crippen LogP contribution in [0.1, 0.15) is 26.3 Å². The van der Waals surface area contributed by atoms with Gasteiger partial charge in [0, 0.05) is 23.6 Å². The lowest BCUT2D eigenvalue weighted by Gasteiger charge is -2.24. The molecule has 3 N–H and O–H groups in total. The number of nitrogens with two attached hydrogens (primary N) is 1. The Kier molecular flexibility index (Phi) is 9.24. The Morgan fingerprint density at radius 1 is 1.48 bits per heavy atom. The highest BCUT2D eigenvalue weighted by Crippen LogP contribution is 2.25. The molecule has 1 aromatic carbocycles. The topological polar surface area (TPSA) is 59.6 Å². The molecule has 21 heavy (non-hydrogen) atoms. The maximum atomic E-state index is 6.03. The summed E-state index contributed by atoms with van der Waals surface area (Å²) in [6.07, 6.45) is 0. The fourth-order valence-electron chi connectivity index (χ4n) is 1.87. The Balaban J connectivity index is 0.00000400. The van der Waals surface area contributed by atoms with Crippen LogP contribution in [0.3, 0.4) is 0 Å². The van der Waals surface area contributed by atoms with E-state index in [1.165, 1.54) is 0 Å². The molecule has 1 aromatic rings. The standard InChI is InChI=1S/C15H24ClN3O.HI/c1-11(9-20-4)19-14(17)18-10-15(2,3)12-6-5-7-13(16)8-12;/h5-8,11H,9-10H2,1-4H3,(H3,17,18,19);1H. The van der Waals surface area contributed by atoms with E-state index in [-0.39, 0.29) is 35.4 Å². The average molecular weight is 426 g/mol. The Morgan fingerprint density at radius 2 is 2.14 bits per heavy atom. The Bertz CT molecular complexity index is 466. The van der Waals surface area contributed by atoms with Crippen LogP contribution in [0, 0.1) is 0 Å². The maximum absolute atomic E-state index is 6.03. The molecule has 1 rings (SSSR count). The number of guanidine groups is 1. The summed E-state index contributed by atoms with van der Waals surface area (Å²) in [6.45, 7) is 7.41. The van der Waals surface area contributed by atoms with Crippen molar-refractivity contribution in [3.63, 3.8) is 0 Å². The van der Waals surface area contributed by atoms with E-state index in [0.29, 0.717) is 19.1 Å². The van der Waals surface area contributed by atoms with Crippen molar-refractivity contribution in [1.82, 2.24) is 5.32 Å². The van der Waals surface area contributed by atoms with Crippen LogP contribution in [0.25, 0.3) is 0 Å². The lowest BCUT2D eigenvalue weighted by Crippen LogP contribution is -2.41. The first-order valence-corrected chi connectivity index (χ1v) is 7.04. The van der Waals surface area contributed by atoms with Gasteiger partial charge < -0.3 is 15.8 Å². The molecule has 0 aliphatic rings. The van der Waals surface area contributed by atoms with Crippen molar-refractivity contribution in [3.05, 3.63) is 34.9 Å². The van der Waals surface area contributed by atoms with E-state index < -0.39 is 0 Å². The molecular formula is C15H25ClIN3O. The summed E-state index contributed by atoms with van der Waals surface area (Å²) < 4.78 is 5.04.